The number of hydroxylamine groups is 2. The third-order valence-corrected chi connectivity index (χ3v) is 2.67. The molecule has 0 aromatic carbocycles. The van der Waals surface area contributed by atoms with Crippen molar-refractivity contribution in [2.24, 2.45) is 0 Å². The molecule has 1 N–H and O–H groups in total. The molecule has 0 aromatic heterocycles. The molecule has 1 aliphatic carbocycles. The number of hydrogen-bond acceptors (Lipinski definition) is 2. The molecule has 2 rings (SSSR count). The second-order valence-corrected chi connectivity index (χ2v) is 3.78. The van der Waals surface area contributed by atoms with Crippen LogP contribution in [0.4, 0.5) is 13.2 Å². The molecule has 2 nitrogen and oxygen atoms in total. The van der Waals surface area contributed by atoms with E-state index in [-0.39, 0.29) is 10.6 Å². The van der Waals surface area contributed by atoms with Gasteiger partial charge in [-0.3, -0.25) is 10.3 Å². The first-order chi connectivity index (χ1) is 7.41. The lowest BCUT2D eigenvalue weighted by Gasteiger charge is -2.31. The van der Waals surface area contributed by atoms with Gasteiger partial charge in [0.25, 0.3) is 0 Å². The molecule has 0 saturated carbocycles. The summed E-state index contributed by atoms with van der Waals surface area (Å²) in [5.74, 6) is 0. The second-order valence-electron chi connectivity index (χ2n) is 3.37. The Balaban J connectivity index is 2.53. The molecule has 6 heteroatoms. The molecule has 1 heterocycles. The Morgan fingerprint density at radius 3 is 2.69 bits per heavy atom. The maximum Gasteiger partial charge on any atom is 0.418 e. The molecule has 0 bridgehead atoms. The maximum atomic E-state index is 12.7. The largest absolute Gasteiger partial charge is 0.418 e. The van der Waals surface area contributed by atoms with Crippen LogP contribution in [0.25, 0.3) is 0 Å². The third-order valence-electron chi connectivity index (χ3n) is 2.35. The van der Waals surface area contributed by atoms with E-state index in [1.807, 2.05) is 0 Å². The molecule has 0 saturated heterocycles. The van der Waals surface area contributed by atoms with E-state index in [0.29, 0.717) is 5.06 Å². The lowest BCUT2D eigenvalue weighted by molar-refractivity contribution is -0.0952. The molecule has 16 heavy (non-hydrogen) atoms. The van der Waals surface area contributed by atoms with Crippen molar-refractivity contribution >= 4 is 11.6 Å². The van der Waals surface area contributed by atoms with E-state index in [2.05, 4.69) is 0 Å². The van der Waals surface area contributed by atoms with E-state index >= 15 is 0 Å². The zero-order chi connectivity index (χ0) is 11.9. The average molecular weight is 250 g/mol. The van der Waals surface area contributed by atoms with Gasteiger partial charge in [-0.2, -0.15) is 13.2 Å². The first kappa shape index (κ1) is 11.3. The molecule has 0 spiro atoms. The van der Waals surface area contributed by atoms with E-state index in [0.717, 1.165) is 6.08 Å². The zero-order valence-electron chi connectivity index (χ0n) is 7.87. The summed E-state index contributed by atoms with van der Waals surface area (Å²) in [4.78, 5) is 0. The monoisotopic (exact) mass is 249 g/mol. The van der Waals surface area contributed by atoms with Crippen LogP contribution >= 0.6 is 11.6 Å². The van der Waals surface area contributed by atoms with Crippen LogP contribution in [-0.2, 0) is 0 Å². The third kappa shape index (κ3) is 1.76. The molecular formula is C10H7ClF3NO. The molecule has 86 valence electrons. The number of allylic oxidation sites excluding steroid dienone is 4. The lowest BCUT2D eigenvalue weighted by atomic mass is 9.91. The molecule has 0 fully saturated rings. The molecule has 0 amide bonds. The molecule has 2 aliphatic rings. The summed E-state index contributed by atoms with van der Waals surface area (Å²) in [6.07, 6.45) is 1.94. The Hall–Kier alpha value is -1.20. The SMILES string of the molecule is ON1C=CC=C2C(C(F)(F)F)=C(Cl)C=CC21. The van der Waals surface area contributed by atoms with Gasteiger partial charge in [0.1, 0.15) is 0 Å². The summed E-state index contributed by atoms with van der Waals surface area (Å²) in [6, 6.07) is -0.830. The van der Waals surface area contributed by atoms with E-state index in [4.69, 9.17) is 11.6 Å². The van der Waals surface area contributed by atoms with Crippen LogP contribution in [0.5, 0.6) is 0 Å². The molecule has 0 radical (unpaired) electrons. The number of fused-ring (bicyclic) bond motifs is 1. The molecule has 1 unspecified atom stereocenters. The number of rotatable bonds is 0. The van der Waals surface area contributed by atoms with Crippen LogP contribution in [0.1, 0.15) is 0 Å². The minimum absolute atomic E-state index is 0.0509. The summed E-state index contributed by atoms with van der Waals surface area (Å²) >= 11 is 5.54. The quantitative estimate of drug-likeness (QED) is 0.713. The normalized spacial score (nSPS) is 24.7. The van der Waals surface area contributed by atoms with Gasteiger partial charge in [-0.05, 0) is 17.7 Å². The van der Waals surface area contributed by atoms with Crippen LogP contribution in [-0.4, -0.2) is 22.5 Å². The summed E-state index contributed by atoms with van der Waals surface area (Å²) < 4.78 is 38.2. The van der Waals surface area contributed by atoms with Crippen molar-refractivity contribution in [2.75, 3.05) is 0 Å². The van der Waals surface area contributed by atoms with Crippen LogP contribution in [0.2, 0.25) is 0 Å². The highest BCUT2D eigenvalue weighted by Gasteiger charge is 2.42. The Morgan fingerprint density at radius 1 is 1.38 bits per heavy atom. The Morgan fingerprint density at radius 2 is 2.06 bits per heavy atom. The Kier molecular flexibility index (Phi) is 2.59. The van der Waals surface area contributed by atoms with Crippen LogP contribution in [0.15, 0.2) is 46.7 Å². The molecule has 1 aliphatic heterocycles. The average Bonchev–Trinajstić information content (AvgIpc) is 2.15. The fourth-order valence-corrected chi connectivity index (χ4v) is 1.98. The topological polar surface area (TPSA) is 23.5 Å². The van der Waals surface area contributed by atoms with Crippen molar-refractivity contribution in [3.8, 4) is 0 Å². The predicted octanol–water partition coefficient (Wildman–Crippen LogP) is 3.12. The first-order valence-electron chi connectivity index (χ1n) is 4.42. The first-order valence-corrected chi connectivity index (χ1v) is 4.80. The zero-order valence-corrected chi connectivity index (χ0v) is 8.63. The highest BCUT2D eigenvalue weighted by atomic mass is 35.5. The second kappa shape index (κ2) is 3.68. The highest BCUT2D eigenvalue weighted by molar-refractivity contribution is 6.32. The van der Waals surface area contributed by atoms with Gasteiger partial charge in [0.2, 0.25) is 0 Å². The van der Waals surface area contributed by atoms with Gasteiger partial charge < -0.3 is 0 Å². The van der Waals surface area contributed by atoms with Crippen LogP contribution in [0, 0.1) is 0 Å². The summed E-state index contributed by atoms with van der Waals surface area (Å²) in [6.45, 7) is 0. The van der Waals surface area contributed by atoms with Gasteiger partial charge in [0.15, 0.2) is 0 Å². The predicted molar refractivity (Wildman–Crippen MR) is 52.7 cm³/mol. The van der Waals surface area contributed by atoms with Crippen molar-refractivity contribution in [1.29, 1.82) is 0 Å². The molecule has 0 aromatic rings. The molecule has 1 atom stereocenters. The Labute approximate surface area is 94.6 Å². The molecular weight excluding hydrogens is 243 g/mol. The van der Waals surface area contributed by atoms with Crippen LogP contribution in [0.3, 0.4) is 0 Å². The lowest BCUT2D eigenvalue weighted by Crippen LogP contribution is -2.35. The minimum Gasteiger partial charge on any atom is -0.288 e. The number of hydrogen-bond donors (Lipinski definition) is 1. The van der Waals surface area contributed by atoms with E-state index in [1.165, 1.54) is 24.4 Å². The smallest absolute Gasteiger partial charge is 0.288 e. The van der Waals surface area contributed by atoms with Crippen molar-refractivity contribution in [3.05, 3.63) is 46.7 Å². The fourth-order valence-electron chi connectivity index (χ4n) is 1.69. The standard InChI is InChI=1S/C10H7ClF3NO/c11-7-3-4-8-6(2-1-5-15(8)16)9(7)10(12,13)14/h1-5,8,16H. The number of halogens is 4. The minimum atomic E-state index is -4.53. The van der Waals surface area contributed by atoms with Crippen LogP contribution < -0.4 is 0 Å². The van der Waals surface area contributed by atoms with Crippen molar-refractivity contribution < 1.29 is 18.4 Å². The summed E-state index contributed by atoms with van der Waals surface area (Å²) in [5, 5.41) is 9.74. The van der Waals surface area contributed by atoms with E-state index < -0.39 is 17.8 Å². The van der Waals surface area contributed by atoms with Gasteiger partial charge in [-0.25, -0.2) is 0 Å². The summed E-state index contributed by atoms with van der Waals surface area (Å²) in [7, 11) is 0. The van der Waals surface area contributed by atoms with Crippen molar-refractivity contribution in [1.82, 2.24) is 5.06 Å². The highest BCUT2D eigenvalue weighted by Crippen LogP contribution is 2.41. The number of alkyl halides is 3. The van der Waals surface area contributed by atoms with E-state index in [9.17, 15) is 18.4 Å². The maximum absolute atomic E-state index is 12.7. The fraction of sp³-hybridized carbons (Fsp3) is 0.200. The summed E-state index contributed by atoms with van der Waals surface area (Å²) in [5.41, 5.74) is -0.949. The van der Waals surface area contributed by atoms with Gasteiger partial charge in [-0.1, -0.05) is 23.8 Å². The van der Waals surface area contributed by atoms with E-state index in [1.54, 1.807) is 0 Å². The van der Waals surface area contributed by atoms with Gasteiger partial charge in [0, 0.05) is 6.20 Å². The van der Waals surface area contributed by atoms with Crippen molar-refractivity contribution in [3.63, 3.8) is 0 Å². The van der Waals surface area contributed by atoms with Crippen molar-refractivity contribution in [2.45, 2.75) is 12.2 Å². The Bertz CT molecular complexity index is 434. The van der Waals surface area contributed by atoms with Gasteiger partial charge in [-0.15, -0.1) is 0 Å². The number of nitrogens with zero attached hydrogens (tertiary/aromatic N) is 1. The van der Waals surface area contributed by atoms with Gasteiger partial charge >= 0.3 is 6.18 Å². The van der Waals surface area contributed by atoms with Gasteiger partial charge in [0.05, 0.1) is 16.6 Å².